The molecule has 1 heterocycles. The summed E-state index contributed by atoms with van der Waals surface area (Å²) < 4.78 is 10.7. The van der Waals surface area contributed by atoms with Crippen molar-refractivity contribution in [3.8, 4) is 17.2 Å². The Hall–Kier alpha value is -1.91. The van der Waals surface area contributed by atoms with Crippen molar-refractivity contribution in [2.75, 3.05) is 13.2 Å². The zero-order valence-electron chi connectivity index (χ0n) is 8.77. The lowest BCUT2D eigenvalue weighted by Gasteiger charge is -2.23. The summed E-state index contributed by atoms with van der Waals surface area (Å²) in [4.78, 5) is 10.9. The fraction of sp³-hybridized carbons (Fsp3) is 0.364. The van der Waals surface area contributed by atoms with Gasteiger partial charge in [0.05, 0.1) is 11.5 Å². The molecule has 0 spiro atoms. The SMILES string of the molecule is CC(C(=O)O)c1c(O)ccc2c1OCCO2. The highest BCUT2D eigenvalue weighted by Crippen LogP contribution is 2.42. The molecule has 1 unspecified atom stereocenters. The van der Waals surface area contributed by atoms with Crippen LogP contribution in [0.4, 0.5) is 0 Å². The average Bonchev–Trinajstić information content (AvgIpc) is 2.28. The predicted octanol–water partition coefficient (Wildman–Crippen LogP) is 1.35. The van der Waals surface area contributed by atoms with Gasteiger partial charge in [-0.15, -0.1) is 0 Å². The molecule has 86 valence electrons. The number of phenolic OH excluding ortho intramolecular Hbond substituents is 1. The number of hydrogen-bond acceptors (Lipinski definition) is 4. The molecule has 1 atom stereocenters. The third-order valence-corrected chi connectivity index (χ3v) is 2.53. The number of carboxylic acids is 1. The summed E-state index contributed by atoms with van der Waals surface area (Å²) in [7, 11) is 0. The molecule has 0 aliphatic carbocycles. The summed E-state index contributed by atoms with van der Waals surface area (Å²) in [6, 6.07) is 2.99. The normalized spacial score (nSPS) is 15.6. The molecule has 0 aromatic heterocycles. The zero-order chi connectivity index (χ0) is 11.7. The Balaban J connectivity index is 2.53. The van der Waals surface area contributed by atoms with Gasteiger partial charge in [0.1, 0.15) is 19.0 Å². The first-order valence-corrected chi connectivity index (χ1v) is 4.95. The lowest BCUT2D eigenvalue weighted by Crippen LogP contribution is -2.18. The number of hydrogen-bond donors (Lipinski definition) is 2. The number of carboxylic acid groups (broad SMARTS) is 1. The second kappa shape index (κ2) is 3.92. The van der Waals surface area contributed by atoms with Crippen molar-refractivity contribution in [1.82, 2.24) is 0 Å². The fourth-order valence-corrected chi connectivity index (χ4v) is 1.67. The molecular weight excluding hydrogens is 212 g/mol. The number of benzene rings is 1. The van der Waals surface area contributed by atoms with Crippen molar-refractivity contribution >= 4 is 5.97 Å². The molecule has 5 nitrogen and oxygen atoms in total. The Kier molecular flexibility index (Phi) is 2.60. The van der Waals surface area contributed by atoms with Crippen molar-refractivity contribution in [1.29, 1.82) is 0 Å². The van der Waals surface area contributed by atoms with Crippen molar-refractivity contribution < 1.29 is 24.5 Å². The van der Waals surface area contributed by atoms with E-state index < -0.39 is 11.9 Å². The largest absolute Gasteiger partial charge is 0.507 e. The van der Waals surface area contributed by atoms with Gasteiger partial charge in [0.15, 0.2) is 11.5 Å². The van der Waals surface area contributed by atoms with Crippen LogP contribution in [0.3, 0.4) is 0 Å². The van der Waals surface area contributed by atoms with Crippen molar-refractivity contribution in [2.24, 2.45) is 0 Å². The van der Waals surface area contributed by atoms with Gasteiger partial charge in [0, 0.05) is 0 Å². The number of rotatable bonds is 2. The van der Waals surface area contributed by atoms with E-state index in [1.165, 1.54) is 13.0 Å². The molecule has 2 rings (SSSR count). The molecule has 5 heteroatoms. The third-order valence-electron chi connectivity index (χ3n) is 2.53. The minimum absolute atomic E-state index is 0.0841. The zero-order valence-corrected chi connectivity index (χ0v) is 8.77. The summed E-state index contributed by atoms with van der Waals surface area (Å²) in [6.07, 6.45) is 0. The molecule has 0 saturated heterocycles. The molecule has 0 fully saturated rings. The van der Waals surface area contributed by atoms with E-state index in [0.29, 0.717) is 24.7 Å². The molecule has 0 amide bonds. The maximum atomic E-state index is 10.9. The van der Waals surface area contributed by atoms with Gasteiger partial charge < -0.3 is 19.7 Å². The molecule has 0 saturated carbocycles. The van der Waals surface area contributed by atoms with Crippen LogP contribution in [-0.2, 0) is 4.79 Å². The van der Waals surface area contributed by atoms with E-state index in [1.54, 1.807) is 6.07 Å². The standard InChI is InChI=1S/C11H12O5/c1-6(11(13)14)9-7(12)2-3-8-10(9)16-5-4-15-8/h2-3,6,12H,4-5H2,1H3,(H,13,14). The van der Waals surface area contributed by atoms with Crippen molar-refractivity contribution in [3.05, 3.63) is 17.7 Å². The Morgan fingerprint density at radius 3 is 2.75 bits per heavy atom. The lowest BCUT2D eigenvalue weighted by atomic mass is 9.98. The molecule has 1 aromatic carbocycles. The first-order chi connectivity index (χ1) is 7.61. The van der Waals surface area contributed by atoms with E-state index >= 15 is 0 Å². The first kappa shape index (κ1) is 10.6. The first-order valence-electron chi connectivity index (χ1n) is 4.95. The molecule has 0 bridgehead atoms. The predicted molar refractivity (Wildman–Crippen MR) is 55.1 cm³/mol. The average molecular weight is 224 g/mol. The van der Waals surface area contributed by atoms with E-state index in [-0.39, 0.29) is 11.3 Å². The molecule has 1 aliphatic rings. The molecule has 16 heavy (non-hydrogen) atoms. The summed E-state index contributed by atoms with van der Waals surface area (Å²) in [5.74, 6) is -1.12. The summed E-state index contributed by atoms with van der Waals surface area (Å²) in [6.45, 7) is 2.28. The Morgan fingerprint density at radius 1 is 1.38 bits per heavy atom. The minimum Gasteiger partial charge on any atom is -0.507 e. The minimum atomic E-state index is -1.02. The second-order valence-corrected chi connectivity index (χ2v) is 3.58. The van der Waals surface area contributed by atoms with Gasteiger partial charge in [-0.05, 0) is 19.1 Å². The Morgan fingerprint density at radius 2 is 2.06 bits per heavy atom. The van der Waals surface area contributed by atoms with Gasteiger partial charge in [0.25, 0.3) is 0 Å². The van der Waals surface area contributed by atoms with Crippen LogP contribution in [0.2, 0.25) is 0 Å². The molecule has 1 aromatic rings. The maximum absolute atomic E-state index is 10.9. The van der Waals surface area contributed by atoms with Gasteiger partial charge in [-0.25, -0.2) is 0 Å². The summed E-state index contributed by atoms with van der Waals surface area (Å²) in [5.41, 5.74) is 0.268. The highest BCUT2D eigenvalue weighted by atomic mass is 16.6. The molecule has 0 radical (unpaired) electrons. The molecule has 1 aliphatic heterocycles. The van der Waals surface area contributed by atoms with Gasteiger partial charge in [0.2, 0.25) is 0 Å². The van der Waals surface area contributed by atoms with E-state index in [2.05, 4.69) is 0 Å². The Bertz CT molecular complexity index is 427. The van der Waals surface area contributed by atoms with Gasteiger partial charge in [-0.3, -0.25) is 4.79 Å². The van der Waals surface area contributed by atoms with Crippen LogP contribution in [0.5, 0.6) is 17.2 Å². The van der Waals surface area contributed by atoms with E-state index in [1.807, 2.05) is 0 Å². The summed E-state index contributed by atoms with van der Waals surface area (Å²) in [5, 5.41) is 18.6. The van der Waals surface area contributed by atoms with Crippen LogP contribution in [0, 0.1) is 0 Å². The van der Waals surface area contributed by atoms with E-state index in [0.717, 1.165) is 0 Å². The van der Waals surface area contributed by atoms with Gasteiger partial charge in [-0.2, -0.15) is 0 Å². The lowest BCUT2D eigenvalue weighted by molar-refractivity contribution is -0.138. The number of phenols is 1. The maximum Gasteiger partial charge on any atom is 0.310 e. The van der Waals surface area contributed by atoms with Crippen molar-refractivity contribution in [3.63, 3.8) is 0 Å². The fourth-order valence-electron chi connectivity index (χ4n) is 1.67. The number of fused-ring (bicyclic) bond motifs is 1. The molecule has 2 N–H and O–H groups in total. The van der Waals surface area contributed by atoms with Crippen LogP contribution in [0.1, 0.15) is 18.4 Å². The van der Waals surface area contributed by atoms with Gasteiger partial charge in [-0.1, -0.05) is 0 Å². The number of aromatic hydroxyl groups is 1. The highest BCUT2D eigenvalue weighted by molar-refractivity contribution is 5.79. The van der Waals surface area contributed by atoms with Crippen molar-refractivity contribution in [2.45, 2.75) is 12.8 Å². The Labute approximate surface area is 92.2 Å². The van der Waals surface area contributed by atoms with E-state index in [9.17, 15) is 9.90 Å². The second-order valence-electron chi connectivity index (χ2n) is 3.58. The smallest absolute Gasteiger partial charge is 0.310 e. The van der Waals surface area contributed by atoms with Gasteiger partial charge >= 0.3 is 5.97 Å². The van der Waals surface area contributed by atoms with Crippen LogP contribution in [0.25, 0.3) is 0 Å². The monoisotopic (exact) mass is 224 g/mol. The van der Waals surface area contributed by atoms with E-state index in [4.69, 9.17) is 14.6 Å². The van der Waals surface area contributed by atoms with Crippen LogP contribution >= 0.6 is 0 Å². The number of ether oxygens (including phenoxy) is 2. The number of carbonyl (C=O) groups is 1. The highest BCUT2D eigenvalue weighted by Gasteiger charge is 2.27. The third kappa shape index (κ3) is 1.64. The van der Waals surface area contributed by atoms with Crippen LogP contribution in [0.15, 0.2) is 12.1 Å². The molecular formula is C11H12O5. The quantitative estimate of drug-likeness (QED) is 0.793. The number of aliphatic carboxylic acids is 1. The van der Waals surface area contributed by atoms with Crippen LogP contribution < -0.4 is 9.47 Å². The summed E-state index contributed by atoms with van der Waals surface area (Å²) >= 11 is 0. The topological polar surface area (TPSA) is 76.0 Å². The van der Waals surface area contributed by atoms with Crippen LogP contribution in [-0.4, -0.2) is 29.4 Å².